The van der Waals surface area contributed by atoms with Gasteiger partial charge in [-0.15, -0.1) is 0 Å². The van der Waals surface area contributed by atoms with Crippen molar-refractivity contribution in [3.8, 4) is 5.82 Å². The van der Waals surface area contributed by atoms with Crippen molar-refractivity contribution < 1.29 is 5.21 Å². The fourth-order valence-electron chi connectivity index (χ4n) is 1.09. The van der Waals surface area contributed by atoms with Gasteiger partial charge in [0.2, 0.25) is 0 Å². The van der Waals surface area contributed by atoms with Crippen molar-refractivity contribution in [3.05, 3.63) is 36.5 Å². The first-order valence-electron chi connectivity index (χ1n) is 4.10. The van der Waals surface area contributed by atoms with Crippen LogP contribution in [0.3, 0.4) is 0 Å². The van der Waals surface area contributed by atoms with Gasteiger partial charge in [0.1, 0.15) is 12.7 Å². The summed E-state index contributed by atoms with van der Waals surface area (Å²) in [6, 6.07) is 3.28. The highest BCUT2D eigenvalue weighted by molar-refractivity contribution is 5.97. The number of pyridine rings is 1. The standard InChI is InChI=1S/C8H8N6O/c9-8(13-15)6-1-2-11-7(3-6)14-5-10-4-12-14/h1-5,15H,(H2,9,13). The van der Waals surface area contributed by atoms with Gasteiger partial charge in [0, 0.05) is 11.8 Å². The molecule has 15 heavy (non-hydrogen) atoms. The first-order valence-corrected chi connectivity index (χ1v) is 4.10. The van der Waals surface area contributed by atoms with E-state index < -0.39 is 0 Å². The third-order valence-corrected chi connectivity index (χ3v) is 1.80. The van der Waals surface area contributed by atoms with E-state index in [4.69, 9.17) is 10.9 Å². The highest BCUT2D eigenvalue weighted by atomic mass is 16.4. The first kappa shape index (κ1) is 9.13. The van der Waals surface area contributed by atoms with Gasteiger partial charge in [0.25, 0.3) is 0 Å². The minimum atomic E-state index is 0.0266. The molecule has 2 heterocycles. The number of aromatic nitrogens is 4. The SMILES string of the molecule is N/C(=N\O)c1ccnc(-n2cncn2)c1. The Morgan fingerprint density at radius 3 is 3.07 bits per heavy atom. The molecule has 0 unspecified atom stereocenters. The number of oxime groups is 1. The molecule has 0 amide bonds. The minimum absolute atomic E-state index is 0.0266. The summed E-state index contributed by atoms with van der Waals surface area (Å²) in [6.45, 7) is 0. The van der Waals surface area contributed by atoms with E-state index in [0.717, 1.165) is 0 Å². The van der Waals surface area contributed by atoms with Crippen LogP contribution in [0.1, 0.15) is 5.56 Å². The van der Waals surface area contributed by atoms with Crippen molar-refractivity contribution >= 4 is 5.84 Å². The molecule has 7 heteroatoms. The molecular formula is C8H8N6O. The first-order chi connectivity index (χ1) is 7.31. The molecular weight excluding hydrogens is 196 g/mol. The summed E-state index contributed by atoms with van der Waals surface area (Å²) in [7, 11) is 0. The second kappa shape index (κ2) is 3.74. The van der Waals surface area contributed by atoms with E-state index in [2.05, 4.69) is 20.2 Å². The summed E-state index contributed by atoms with van der Waals surface area (Å²) in [5.41, 5.74) is 6.01. The van der Waals surface area contributed by atoms with Crippen LogP contribution in [0.2, 0.25) is 0 Å². The van der Waals surface area contributed by atoms with Gasteiger partial charge in [0.15, 0.2) is 11.7 Å². The van der Waals surface area contributed by atoms with Crippen LogP contribution in [0.5, 0.6) is 0 Å². The molecule has 0 aliphatic heterocycles. The zero-order chi connectivity index (χ0) is 10.7. The topological polar surface area (TPSA) is 102 Å². The Balaban J connectivity index is 2.44. The molecule has 3 N–H and O–H groups in total. The van der Waals surface area contributed by atoms with Gasteiger partial charge in [-0.2, -0.15) is 5.10 Å². The summed E-state index contributed by atoms with van der Waals surface area (Å²) in [5.74, 6) is 0.579. The highest BCUT2D eigenvalue weighted by Gasteiger charge is 2.03. The van der Waals surface area contributed by atoms with Gasteiger partial charge in [-0.1, -0.05) is 5.16 Å². The lowest BCUT2D eigenvalue weighted by Gasteiger charge is -2.01. The maximum atomic E-state index is 8.52. The molecule has 0 bridgehead atoms. The Morgan fingerprint density at radius 1 is 1.53 bits per heavy atom. The Morgan fingerprint density at radius 2 is 2.40 bits per heavy atom. The third kappa shape index (κ3) is 1.75. The molecule has 0 spiro atoms. The van der Waals surface area contributed by atoms with Crippen molar-refractivity contribution in [1.82, 2.24) is 19.7 Å². The van der Waals surface area contributed by atoms with Crippen molar-refractivity contribution in [1.29, 1.82) is 0 Å². The Bertz CT molecular complexity index is 478. The third-order valence-electron chi connectivity index (χ3n) is 1.80. The van der Waals surface area contributed by atoms with Gasteiger partial charge in [-0.3, -0.25) is 0 Å². The van der Waals surface area contributed by atoms with Crippen molar-refractivity contribution in [3.63, 3.8) is 0 Å². The average Bonchev–Trinajstić information content (AvgIpc) is 2.82. The lowest BCUT2D eigenvalue weighted by atomic mass is 10.2. The summed E-state index contributed by atoms with van der Waals surface area (Å²) < 4.78 is 1.48. The number of rotatable bonds is 2. The van der Waals surface area contributed by atoms with Gasteiger partial charge < -0.3 is 10.9 Å². The fourth-order valence-corrected chi connectivity index (χ4v) is 1.09. The van der Waals surface area contributed by atoms with Gasteiger partial charge in [-0.25, -0.2) is 14.6 Å². The molecule has 2 aromatic rings. The van der Waals surface area contributed by atoms with Crippen LogP contribution in [0.25, 0.3) is 5.82 Å². The van der Waals surface area contributed by atoms with Crippen LogP contribution in [0, 0.1) is 0 Å². The zero-order valence-electron chi connectivity index (χ0n) is 7.65. The normalized spacial score (nSPS) is 11.6. The zero-order valence-corrected chi connectivity index (χ0v) is 7.65. The van der Waals surface area contributed by atoms with E-state index in [0.29, 0.717) is 11.4 Å². The van der Waals surface area contributed by atoms with E-state index in [1.54, 1.807) is 18.3 Å². The monoisotopic (exact) mass is 204 g/mol. The van der Waals surface area contributed by atoms with E-state index in [1.807, 2.05) is 0 Å². The van der Waals surface area contributed by atoms with E-state index in [1.165, 1.54) is 17.3 Å². The van der Waals surface area contributed by atoms with Crippen molar-refractivity contribution in [2.75, 3.05) is 0 Å². The maximum absolute atomic E-state index is 8.52. The van der Waals surface area contributed by atoms with E-state index in [-0.39, 0.29) is 5.84 Å². The number of amidine groups is 1. The minimum Gasteiger partial charge on any atom is -0.409 e. The molecule has 0 atom stereocenters. The summed E-state index contributed by atoms with van der Waals surface area (Å²) >= 11 is 0. The molecule has 0 saturated heterocycles. The molecule has 0 aliphatic rings. The molecule has 2 rings (SSSR count). The van der Waals surface area contributed by atoms with Gasteiger partial charge in [0.05, 0.1) is 0 Å². The lowest BCUT2D eigenvalue weighted by molar-refractivity contribution is 0.318. The summed E-state index contributed by atoms with van der Waals surface area (Å²) in [6.07, 6.45) is 4.46. The maximum Gasteiger partial charge on any atom is 0.170 e. The second-order valence-corrected chi connectivity index (χ2v) is 2.73. The van der Waals surface area contributed by atoms with Crippen LogP contribution in [-0.4, -0.2) is 30.8 Å². The summed E-state index contributed by atoms with van der Waals surface area (Å²) in [5, 5.41) is 15.3. The van der Waals surface area contributed by atoms with Crippen LogP contribution in [0.4, 0.5) is 0 Å². The van der Waals surface area contributed by atoms with E-state index >= 15 is 0 Å². The number of nitrogens with two attached hydrogens (primary N) is 1. The lowest BCUT2D eigenvalue weighted by Crippen LogP contribution is -2.14. The van der Waals surface area contributed by atoms with Crippen LogP contribution in [0.15, 0.2) is 36.1 Å². The molecule has 0 aromatic carbocycles. The Labute approximate surface area is 84.9 Å². The molecule has 76 valence electrons. The molecule has 0 aliphatic carbocycles. The molecule has 0 fully saturated rings. The highest BCUT2D eigenvalue weighted by Crippen LogP contribution is 2.04. The number of hydrogen-bond donors (Lipinski definition) is 2. The Kier molecular flexibility index (Phi) is 2.28. The molecule has 2 aromatic heterocycles. The second-order valence-electron chi connectivity index (χ2n) is 2.73. The molecule has 0 saturated carbocycles. The van der Waals surface area contributed by atoms with Gasteiger partial charge in [-0.05, 0) is 12.1 Å². The predicted molar refractivity (Wildman–Crippen MR) is 51.7 cm³/mol. The fraction of sp³-hybridized carbons (Fsp3) is 0. The van der Waals surface area contributed by atoms with Crippen molar-refractivity contribution in [2.45, 2.75) is 0 Å². The van der Waals surface area contributed by atoms with Crippen LogP contribution in [-0.2, 0) is 0 Å². The quantitative estimate of drug-likeness (QED) is 0.304. The summed E-state index contributed by atoms with van der Waals surface area (Å²) in [4.78, 5) is 7.86. The number of nitrogens with zero attached hydrogens (tertiary/aromatic N) is 5. The smallest absolute Gasteiger partial charge is 0.170 e. The van der Waals surface area contributed by atoms with E-state index in [9.17, 15) is 0 Å². The van der Waals surface area contributed by atoms with Gasteiger partial charge >= 0.3 is 0 Å². The predicted octanol–water partition coefficient (Wildman–Crippen LogP) is -0.243. The number of hydrogen-bond acceptors (Lipinski definition) is 5. The van der Waals surface area contributed by atoms with Crippen LogP contribution < -0.4 is 5.73 Å². The molecule has 7 nitrogen and oxygen atoms in total. The van der Waals surface area contributed by atoms with Crippen LogP contribution >= 0.6 is 0 Å². The average molecular weight is 204 g/mol. The largest absolute Gasteiger partial charge is 0.409 e. The molecule has 0 radical (unpaired) electrons. The Hall–Kier alpha value is -2.44. The van der Waals surface area contributed by atoms with Crippen molar-refractivity contribution in [2.24, 2.45) is 10.9 Å².